The molecule has 1 unspecified atom stereocenters. The summed E-state index contributed by atoms with van der Waals surface area (Å²) in [7, 11) is 0. The van der Waals surface area contributed by atoms with Crippen molar-refractivity contribution in [2.24, 2.45) is 0 Å². The molecule has 2 aliphatic rings. The van der Waals surface area contributed by atoms with Crippen LogP contribution in [0, 0.1) is 0 Å². The van der Waals surface area contributed by atoms with Crippen molar-refractivity contribution in [2.75, 3.05) is 13.1 Å². The second-order valence-electron chi connectivity index (χ2n) is 6.22. The van der Waals surface area contributed by atoms with Crippen molar-refractivity contribution < 1.29 is 19.0 Å². The predicted octanol–water partition coefficient (Wildman–Crippen LogP) is 2.15. The second kappa shape index (κ2) is 8.31. The maximum absolute atomic E-state index is 12.8. The molecule has 0 saturated carbocycles. The molecule has 2 aliphatic heterocycles. The first-order chi connectivity index (χ1) is 12.6. The Morgan fingerprint density at radius 3 is 2.77 bits per heavy atom. The van der Waals surface area contributed by atoms with E-state index in [4.69, 9.17) is 0 Å². The third-order valence-corrected chi connectivity index (χ3v) is 5.36. The fourth-order valence-electron chi connectivity index (χ4n) is 2.93. The Morgan fingerprint density at radius 1 is 1.27 bits per heavy atom. The quantitative estimate of drug-likeness (QED) is 0.745. The Hall–Kier alpha value is -2.41. The SMILES string of the molecule is CCCCN1C(=O)C2SC=CC2=[N+](CC(=O)NCc2ccccc2)C1=O. The fraction of sp³-hybridized carbons (Fsp3) is 0.368. The van der Waals surface area contributed by atoms with E-state index in [-0.39, 0.29) is 18.4 Å². The smallest absolute Gasteiger partial charge is 0.349 e. The van der Waals surface area contributed by atoms with Crippen molar-refractivity contribution in [2.45, 2.75) is 31.6 Å². The van der Waals surface area contributed by atoms with Crippen LogP contribution in [0.25, 0.3) is 0 Å². The largest absolute Gasteiger partial charge is 0.501 e. The lowest BCUT2D eigenvalue weighted by Gasteiger charge is -2.24. The summed E-state index contributed by atoms with van der Waals surface area (Å²) in [6.45, 7) is 2.72. The van der Waals surface area contributed by atoms with Gasteiger partial charge in [-0.25, -0.2) is 4.79 Å². The fourth-order valence-corrected chi connectivity index (χ4v) is 3.89. The molecule has 1 aromatic carbocycles. The molecule has 3 rings (SSSR count). The third-order valence-electron chi connectivity index (χ3n) is 4.36. The summed E-state index contributed by atoms with van der Waals surface area (Å²) >= 11 is 1.38. The van der Waals surface area contributed by atoms with Gasteiger partial charge < -0.3 is 5.32 Å². The normalized spacial score (nSPS) is 19.1. The maximum atomic E-state index is 12.8. The van der Waals surface area contributed by atoms with Crippen LogP contribution in [0.2, 0.25) is 0 Å². The van der Waals surface area contributed by atoms with Crippen LogP contribution in [-0.4, -0.2) is 51.4 Å². The Morgan fingerprint density at radius 2 is 2.04 bits per heavy atom. The first-order valence-corrected chi connectivity index (χ1v) is 9.68. The number of urea groups is 1. The van der Waals surface area contributed by atoms with E-state index < -0.39 is 11.3 Å². The van der Waals surface area contributed by atoms with Crippen molar-refractivity contribution in [3.8, 4) is 0 Å². The molecular formula is C19H22N3O3S+. The minimum Gasteiger partial charge on any atom is -0.349 e. The number of carbonyl (C=O) groups excluding carboxylic acids is 3. The van der Waals surface area contributed by atoms with Gasteiger partial charge in [-0.2, -0.15) is 14.3 Å². The molecule has 0 radical (unpaired) electrons. The summed E-state index contributed by atoms with van der Waals surface area (Å²) in [5.74, 6) is -0.432. The Labute approximate surface area is 156 Å². The molecule has 1 aromatic rings. The zero-order valence-corrected chi connectivity index (χ0v) is 15.5. The van der Waals surface area contributed by atoms with E-state index in [0.29, 0.717) is 18.8 Å². The van der Waals surface area contributed by atoms with Crippen LogP contribution in [0.15, 0.2) is 41.8 Å². The molecule has 0 fully saturated rings. The van der Waals surface area contributed by atoms with E-state index in [1.54, 1.807) is 6.08 Å². The highest BCUT2D eigenvalue weighted by Gasteiger charge is 2.48. The molecule has 0 aromatic heterocycles. The number of nitrogens with zero attached hydrogens (tertiary/aromatic N) is 2. The summed E-state index contributed by atoms with van der Waals surface area (Å²) in [4.78, 5) is 39.0. The van der Waals surface area contributed by atoms with E-state index in [1.807, 2.05) is 42.7 Å². The molecule has 1 atom stereocenters. The van der Waals surface area contributed by atoms with Gasteiger partial charge in [0.1, 0.15) is 5.71 Å². The van der Waals surface area contributed by atoms with Gasteiger partial charge in [0.15, 0.2) is 11.8 Å². The highest BCUT2D eigenvalue weighted by molar-refractivity contribution is 8.04. The van der Waals surface area contributed by atoms with E-state index >= 15 is 0 Å². The molecule has 7 heteroatoms. The number of fused-ring (bicyclic) bond motifs is 1. The van der Waals surface area contributed by atoms with Gasteiger partial charge in [0.2, 0.25) is 0 Å². The molecule has 0 bridgehead atoms. The topological polar surface area (TPSA) is 69.5 Å². The molecule has 4 amide bonds. The van der Waals surface area contributed by atoms with Crippen LogP contribution in [-0.2, 0) is 16.1 Å². The number of unbranched alkanes of at least 4 members (excludes halogenated alkanes) is 1. The highest BCUT2D eigenvalue weighted by atomic mass is 32.2. The number of benzene rings is 1. The second-order valence-corrected chi connectivity index (χ2v) is 7.23. The maximum Gasteiger partial charge on any atom is 0.501 e. The van der Waals surface area contributed by atoms with Gasteiger partial charge in [-0.3, -0.25) is 4.79 Å². The Balaban J connectivity index is 1.72. The first kappa shape index (κ1) is 18.4. The van der Waals surface area contributed by atoms with Crippen LogP contribution >= 0.6 is 11.8 Å². The molecule has 136 valence electrons. The minimum atomic E-state index is -0.425. The highest BCUT2D eigenvalue weighted by Crippen LogP contribution is 2.27. The molecule has 0 aliphatic carbocycles. The van der Waals surface area contributed by atoms with Crippen LogP contribution in [0.5, 0.6) is 0 Å². The van der Waals surface area contributed by atoms with Crippen molar-refractivity contribution >= 4 is 35.3 Å². The summed E-state index contributed by atoms with van der Waals surface area (Å²) < 4.78 is 1.43. The third kappa shape index (κ3) is 3.88. The van der Waals surface area contributed by atoms with Gasteiger partial charge in [-0.05, 0) is 23.5 Å². The molecule has 2 heterocycles. The standard InChI is InChI=1S/C19H21N3O3S/c1-2-3-10-21-18(24)17-15(9-11-26-17)22(19(21)25)13-16(23)20-12-14-7-5-4-6-8-14/h4-9,11,17H,2-3,10,12-13H2,1H3/p+1. The van der Waals surface area contributed by atoms with Crippen LogP contribution < -0.4 is 5.32 Å². The van der Waals surface area contributed by atoms with E-state index in [1.165, 1.54) is 21.2 Å². The average Bonchev–Trinajstić information content (AvgIpc) is 3.14. The number of imide groups is 1. The first-order valence-electron chi connectivity index (χ1n) is 8.74. The predicted molar refractivity (Wildman–Crippen MR) is 101 cm³/mol. The van der Waals surface area contributed by atoms with Gasteiger partial charge in [-0.15, -0.1) is 11.8 Å². The lowest BCUT2D eigenvalue weighted by atomic mass is 10.1. The lowest BCUT2D eigenvalue weighted by molar-refractivity contribution is -0.426. The van der Waals surface area contributed by atoms with E-state index in [9.17, 15) is 14.4 Å². The number of rotatable bonds is 7. The van der Waals surface area contributed by atoms with E-state index in [2.05, 4.69) is 5.32 Å². The number of allylic oxidation sites excluding steroid dienone is 1. The molecule has 0 saturated heterocycles. The summed E-state index contributed by atoms with van der Waals surface area (Å²) in [6, 6.07) is 9.19. The number of nitrogens with one attached hydrogen (secondary N) is 1. The van der Waals surface area contributed by atoms with Crippen molar-refractivity contribution in [3.05, 3.63) is 47.4 Å². The number of hydrogen-bond donors (Lipinski definition) is 1. The van der Waals surface area contributed by atoms with Gasteiger partial charge in [0.05, 0.1) is 6.54 Å². The van der Waals surface area contributed by atoms with Crippen LogP contribution in [0.1, 0.15) is 25.3 Å². The lowest BCUT2D eigenvalue weighted by Crippen LogP contribution is -2.56. The molecule has 26 heavy (non-hydrogen) atoms. The van der Waals surface area contributed by atoms with Gasteiger partial charge in [0.25, 0.3) is 5.91 Å². The molecule has 6 nitrogen and oxygen atoms in total. The van der Waals surface area contributed by atoms with Gasteiger partial charge in [-0.1, -0.05) is 43.7 Å². The van der Waals surface area contributed by atoms with Gasteiger partial charge in [0, 0.05) is 6.54 Å². The number of amides is 4. The molecule has 1 N–H and O–H groups in total. The molecule has 0 spiro atoms. The summed E-state index contributed by atoms with van der Waals surface area (Å²) in [5.41, 5.74) is 1.60. The Bertz CT molecular complexity index is 773. The molecular weight excluding hydrogens is 350 g/mol. The minimum absolute atomic E-state index is 0.0850. The van der Waals surface area contributed by atoms with Crippen molar-refractivity contribution in [1.29, 1.82) is 0 Å². The number of hydrogen-bond acceptors (Lipinski definition) is 4. The number of thioether (sulfide) groups is 1. The monoisotopic (exact) mass is 372 g/mol. The van der Waals surface area contributed by atoms with Crippen LogP contribution in [0.4, 0.5) is 4.79 Å². The summed E-state index contributed by atoms with van der Waals surface area (Å²) in [5, 5.41) is 4.22. The summed E-state index contributed by atoms with van der Waals surface area (Å²) in [6.07, 6.45) is 3.40. The Kier molecular flexibility index (Phi) is 5.88. The van der Waals surface area contributed by atoms with Crippen molar-refractivity contribution in [1.82, 2.24) is 10.2 Å². The zero-order chi connectivity index (χ0) is 18.5. The van der Waals surface area contributed by atoms with E-state index in [0.717, 1.165) is 18.4 Å². The van der Waals surface area contributed by atoms with Crippen molar-refractivity contribution in [3.63, 3.8) is 0 Å². The zero-order valence-electron chi connectivity index (χ0n) is 14.7. The average molecular weight is 372 g/mol. The van der Waals surface area contributed by atoms with Crippen LogP contribution in [0.3, 0.4) is 0 Å². The van der Waals surface area contributed by atoms with Gasteiger partial charge >= 0.3 is 11.9 Å². The number of carbonyl (C=O) groups is 3.